The summed E-state index contributed by atoms with van der Waals surface area (Å²) in [7, 11) is 4.53. The van der Waals surface area contributed by atoms with Gasteiger partial charge < -0.3 is 39.9 Å². The molecule has 14 heteroatoms. The molecule has 3 aliphatic carbocycles. The number of fused-ring (bicyclic) bond motifs is 3. The maximum absolute atomic E-state index is 13.2. The van der Waals surface area contributed by atoms with Gasteiger partial charge in [-0.2, -0.15) is 0 Å². The Kier molecular flexibility index (Phi) is 14.6. The quantitative estimate of drug-likeness (QED) is 0.101. The number of alkyl carbamates (subject to hydrolysis) is 1. The number of hydrogen-bond acceptors (Lipinski definition) is 8. The Hall–Kier alpha value is -6.02. The number of hydrogen-bond donors (Lipinski definition) is 4. The largest absolute Gasteiger partial charge is 0.453 e. The van der Waals surface area contributed by atoms with Crippen LogP contribution in [0, 0.1) is 11.3 Å². The number of benzene rings is 3. The lowest BCUT2D eigenvalue weighted by Crippen LogP contribution is -2.45. The molecule has 63 heavy (non-hydrogen) atoms. The molecule has 4 heterocycles. The van der Waals surface area contributed by atoms with Crippen molar-refractivity contribution in [1.82, 2.24) is 40.4 Å². The molecular formula is C49H62N8O6. The van der Waals surface area contributed by atoms with Crippen LogP contribution in [0.5, 0.6) is 0 Å². The van der Waals surface area contributed by atoms with Crippen LogP contribution in [0.25, 0.3) is 44.4 Å². The zero-order valence-corrected chi connectivity index (χ0v) is 37.2. The standard InChI is InChI=1S/C41H42N8O5.C3H6.C3H8.C2H6O/c1-54-40(53)45-21-36(52)49-31-11-10-30(16-31)37(49)39-44-19-33(47-39)29-9-8-27-14-26(6-7-28(27)15-29)24-2-4-25(5-3-24)32-18-43-38(46-32)34-17-41(12-13-41)22-48(34)35(51)20-42-23-50;1-2-3-1;2*1-3-2/h2-9,14-15,18-19,23,30-31,34,37H,10-13,16-17,20-22H2,1H3,(H,42,50)(H,43,46)(H,44,47)(H,45,53);1-3H2;3H2,1-2H3;1-2H3. The lowest BCUT2D eigenvalue weighted by Gasteiger charge is -2.34. The minimum atomic E-state index is -0.619. The van der Waals surface area contributed by atoms with Crippen molar-refractivity contribution in [2.45, 2.75) is 96.2 Å². The molecule has 14 nitrogen and oxygen atoms in total. The molecule has 2 aromatic heterocycles. The van der Waals surface area contributed by atoms with Crippen LogP contribution >= 0.6 is 0 Å². The number of aromatic nitrogens is 4. The first-order chi connectivity index (χ1) is 30.6. The monoisotopic (exact) mass is 858 g/mol. The molecule has 5 aliphatic rings. The molecule has 3 aromatic carbocycles. The number of aromatic amines is 2. The first-order valence-corrected chi connectivity index (χ1v) is 22.4. The van der Waals surface area contributed by atoms with Crippen LogP contribution in [0.15, 0.2) is 73.1 Å². The number of likely N-dealkylation sites (tertiary alicyclic amines) is 2. The highest BCUT2D eigenvalue weighted by atomic mass is 16.5. The topological polar surface area (TPSA) is 175 Å². The van der Waals surface area contributed by atoms with E-state index in [0.29, 0.717) is 18.9 Å². The molecule has 10 rings (SSSR count). The third-order valence-electron chi connectivity index (χ3n) is 12.4. The van der Waals surface area contributed by atoms with Crippen molar-refractivity contribution in [1.29, 1.82) is 0 Å². The van der Waals surface area contributed by atoms with Crippen molar-refractivity contribution in [3.8, 4) is 33.6 Å². The van der Waals surface area contributed by atoms with Crippen LogP contribution in [0.1, 0.15) is 102 Å². The number of rotatable bonds is 10. The maximum Gasteiger partial charge on any atom is 0.407 e. The molecular weight excluding hydrogens is 797 g/mol. The van der Waals surface area contributed by atoms with Gasteiger partial charge in [-0.25, -0.2) is 14.8 Å². The van der Waals surface area contributed by atoms with E-state index in [4.69, 9.17) is 9.97 Å². The van der Waals surface area contributed by atoms with Gasteiger partial charge in [0.2, 0.25) is 18.2 Å². The van der Waals surface area contributed by atoms with Crippen LogP contribution < -0.4 is 10.6 Å². The maximum atomic E-state index is 13.2. The Bertz CT molecular complexity index is 2350. The van der Waals surface area contributed by atoms with Crippen LogP contribution in [-0.4, -0.2) is 101 Å². The second kappa shape index (κ2) is 20.4. The third kappa shape index (κ3) is 10.6. The number of carbonyl (C=O) groups is 4. The van der Waals surface area contributed by atoms with Crippen LogP contribution in [0.4, 0.5) is 4.79 Å². The normalized spacial score (nSPS) is 20.7. The molecule has 2 aliphatic heterocycles. The number of nitrogens with one attached hydrogen (secondary N) is 4. The molecule has 2 bridgehead atoms. The van der Waals surface area contributed by atoms with E-state index < -0.39 is 6.09 Å². The number of imidazole rings is 2. The summed E-state index contributed by atoms with van der Waals surface area (Å²) in [4.78, 5) is 68.7. The van der Waals surface area contributed by atoms with Crippen LogP contribution in [0.3, 0.4) is 0 Å². The molecule has 4 amide bonds. The summed E-state index contributed by atoms with van der Waals surface area (Å²) >= 11 is 0. The van der Waals surface area contributed by atoms with E-state index in [1.165, 1.54) is 32.8 Å². The third-order valence-corrected chi connectivity index (χ3v) is 12.4. The van der Waals surface area contributed by atoms with Crippen LogP contribution in [0.2, 0.25) is 0 Å². The fourth-order valence-electron chi connectivity index (χ4n) is 9.06. The Morgan fingerprint density at radius 2 is 1.38 bits per heavy atom. The first-order valence-electron chi connectivity index (χ1n) is 22.4. The highest BCUT2D eigenvalue weighted by molar-refractivity contribution is 5.91. The molecule has 0 radical (unpaired) electrons. The van der Waals surface area contributed by atoms with Gasteiger partial charge in [0.25, 0.3) is 0 Å². The zero-order valence-electron chi connectivity index (χ0n) is 37.2. The Morgan fingerprint density at radius 3 is 2.02 bits per heavy atom. The molecule has 2 saturated heterocycles. The molecule has 4 unspecified atom stereocenters. The summed E-state index contributed by atoms with van der Waals surface area (Å²) in [6, 6.07) is 21.1. The second-order valence-corrected chi connectivity index (χ2v) is 17.5. The zero-order chi connectivity index (χ0) is 44.5. The summed E-state index contributed by atoms with van der Waals surface area (Å²) in [5, 5.41) is 7.26. The number of piperidine rings is 1. The average molecular weight is 859 g/mol. The van der Waals surface area contributed by atoms with Gasteiger partial charge in [-0.15, -0.1) is 0 Å². The highest BCUT2D eigenvalue weighted by Crippen LogP contribution is 2.58. The van der Waals surface area contributed by atoms with Crippen molar-refractivity contribution >= 4 is 35.1 Å². The van der Waals surface area contributed by atoms with Gasteiger partial charge in [-0.05, 0) is 89.5 Å². The summed E-state index contributed by atoms with van der Waals surface area (Å²) in [6.45, 7) is 4.86. The van der Waals surface area contributed by atoms with Gasteiger partial charge in [-0.3, -0.25) is 14.4 Å². The summed E-state index contributed by atoms with van der Waals surface area (Å²) in [5.41, 5.74) is 6.21. The predicted molar refractivity (Wildman–Crippen MR) is 243 cm³/mol. The van der Waals surface area contributed by atoms with E-state index in [-0.39, 0.29) is 48.4 Å². The fourth-order valence-corrected chi connectivity index (χ4v) is 9.06. The molecule has 5 aromatic rings. The Morgan fingerprint density at radius 1 is 0.794 bits per heavy atom. The van der Waals surface area contributed by atoms with Gasteiger partial charge in [0.1, 0.15) is 18.2 Å². The molecule has 4 N–H and O–H groups in total. The summed E-state index contributed by atoms with van der Waals surface area (Å²) in [6.07, 6.45) is 15.5. The number of methoxy groups -OCH3 is 2. The molecule has 4 atom stereocenters. The number of H-pyrrole nitrogens is 2. The number of ether oxygens (including phenoxy) is 2. The average Bonchev–Trinajstić information content (AvgIpc) is 3.98. The summed E-state index contributed by atoms with van der Waals surface area (Å²) in [5.74, 6) is 1.69. The van der Waals surface area contributed by atoms with Gasteiger partial charge in [0, 0.05) is 32.4 Å². The molecule has 5 fully saturated rings. The minimum absolute atomic E-state index is 0.00266. The summed E-state index contributed by atoms with van der Waals surface area (Å²) < 4.78 is 8.89. The molecule has 334 valence electrons. The van der Waals surface area contributed by atoms with E-state index in [1.54, 1.807) is 14.2 Å². The number of carbonyl (C=O) groups excluding carboxylic acids is 4. The van der Waals surface area contributed by atoms with Gasteiger partial charge in [-0.1, -0.05) is 88.1 Å². The number of amides is 4. The van der Waals surface area contributed by atoms with E-state index in [2.05, 4.69) is 105 Å². The molecule has 3 saturated carbocycles. The van der Waals surface area contributed by atoms with Crippen molar-refractivity contribution in [2.75, 3.05) is 41.0 Å². The SMILES string of the molecule is C1CC1.CCC.COC.COC(=O)NCC(=O)N1C2CCC(C2)C1c1ncc(-c2ccc3cc(-c4ccc(-c5cnc(C6CC7(CC7)CN6C(=O)CNC=O)[nH]5)cc4)ccc3c2)[nH]1. The van der Waals surface area contributed by atoms with E-state index in [0.717, 1.165) is 94.6 Å². The lowest BCUT2D eigenvalue weighted by atomic mass is 9.97. The van der Waals surface area contributed by atoms with Crippen LogP contribution in [-0.2, 0) is 23.9 Å². The van der Waals surface area contributed by atoms with Crippen molar-refractivity contribution in [3.63, 3.8) is 0 Å². The van der Waals surface area contributed by atoms with E-state index >= 15 is 0 Å². The Labute approximate surface area is 369 Å². The van der Waals surface area contributed by atoms with Crippen molar-refractivity contribution in [2.24, 2.45) is 11.3 Å². The molecule has 1 spiro atoms. The number of nitrogens with zero attached hydrogens (tertiary/aromatic N) is 4. The minimum Gasteiger partial charge on any atom is -0.453 e. The smallest absolute Gasteiger partial charge is 0.407 e. The van der Waals surface area contributed by atoms with Gasteiger partial charge in [0.05, 0.1) is 49.5 Å². The Balaban J connectivity index is 0.000000604. The van der Waals surface area contributed by atoms with Gasteiger partial charge in [0.15, 0.2) is 0 Å². The van der Waals surface area contributed by atoms with Crippen molar-refractivity contribution in [3.05, 3.63) is 84.7 Å². The first kappa shape index (κ1) is 45.0. The van der Waals surface area contributed by atoms with Crippen molar-refractivity contribution < 1.29 is 28.7 Å². The highest BCUT2D eigenvalue weighted by Gasteiger charge is 2.54. The fraction of sp³-hybridized carbons (Fsp3) is 0.469. The predicted octanol–water partition coefficient (Wildman–Crippen LogP) is 8.34. The lowest BCUT2D eigenvalue weighted by molar-refractivity contribution is -0.135. The van der Waals surface area contributed by atoms with E-state index in [9.17, 15) is 19.2 Å². The second-order valence-electron chi connectivity index (χ2n) is 17.5. The van der Waals surface area contributed by atoms with E-state index in [1.807, 2.05) is 22.2 Å². The van der Waals surface area contributed by atoms with Gasteiger partial charge >= 0.3 is 6.09 Å².